The molecule has 0 fully saturated rings. The molecule has 0 spiro atoms. The molecule has 0 amide bonds. The first kappa shape index (κ1) is 15.5. The van der Waals surface area contributed by atoms with Gasteiger partial charge in [0, 0.05) is 12.2 Å². The van der Waals surface area contributed by atoms with Gasteiger partial charge in [-0.2, -0.15) is 0 Å². The summed E-state index contributed by atoms with van der Waals surface area (Å²) in [6.45, 7) is 4.84. The number of rotatable bonds is 7. The minimum absolute atomic E-state index is 0.0141. The predicted molar refractivity (Wildman–Crippen MR) is 86.5 cm³/mol. The number of aryl methyl sites for hydroxylation is 1. The van der Waals surface area contributed by atoms with E-state index in [0.29, 0.717) is 13.2 Å². The minimum atomic E-state index is -0.531. The van der Waals surface area contributed by atoms with Gasteiger partial charge < -0.3 is 15.2 Å². The van der Waals surface area contributed by atoms with Crippen molar-refractivity contribution in [2.45, 2.75) is 26.1 Å². The number of hydrogen-bond acceptors (Lipinski definition) is 3. The van der Waals surface area contributed by atoms with E-state index >= 15 is 0 Å². The van der Waals surface area contributed by atoms with Gasteiger partial charge in [-0.1, -0.05) is 42.5 Å². The van der Waals surface area contributed by atoms with E-state index in [1.54, 1.807) is 0 Å². The van der Waals surface area contributed by atoms with Gasteiger partial charge in [-0.05, 0) is 37.1 Å². The van der Waals surface area contributed by atoms with E-state index in [0.717, 1.165) is 11.3 Å². The first-order chi connectivity index (χ1) is 10.1. The summed E-state index contributed by atoms with van der Waals surface area (Å²) in [4.78, 5) is 0. The molecule has 2 aromatic rings. The van der Waals surface area contributed by atoms with E-state index in [-0.39, 0.29) is 6.10 Å². The molecule has 2 atom stereocenters. The topological polar surface area (TPSA) is 41.5 Å². The van der Waals surface area contributed by atoms with Crippen LogP contribution in [0.5, 0.6) is 0 Å². The molecule has 0 aliphatic heterocycles. The summed E-state index contributed by atoms with van der Waals surface area (Å²) >= 11 is 0. The molecule has 0 heterocycles. The summed E-state index contributed by atoms with van der Waals surface area (Å²) in [6, 6.07) is 18.1. The maximum absolute atomic E-state index is 9.99. The second-order valence-electron chi connectivity index (χ2n) is 5.29. The SMILES string of the molecule is Cc1cccc(NCC(O)COC(C)c2ccccc2)c1. The van der Waals surface area contributed by atoms with E-state index in [1.807, 2.05) is 62.4 Å². The lowest BCUT2D eigenvalue weighted by Crippen LogP contribution is -2.25. The Morgan fingerprint density at radius 1 is 1.10 bits per heavy atom. The molecule has 2 N–H and O–H groups in total. The Hall–Kier alpha value is -1.84. The number of ether oxygens (including phenoxy) is 1. The number of anilines is 1. The second kappa shape index (κ2) is 7.81. The molecule has 0 bridgehead atoms. The average molecular weight is 285 g/mol. The van der Waals surface area contributed by atoms with Crippen LogP contribution >= 0.6 is 0 Å². The maximum atomic E-state index is 9.99. The third-order valence-corrected chi connectivity index (χ3v) is 3.37. The van der Waals surface area contributed by atoms with Crippen molar-refractivity contribution in [3.8, 4) is 0 Å². The molecule has 112 valence electrons. The molecule has 0 aliphatic rings. The standard InChI is InChI=1S/C18H23NO2/c1-14-7-6-10-17(11-14)19-12-18(20)13-21-15(2)16-8-4-3-5-9-16/h3-11,15,18-20H,12-13H2,1-2H3. The monoisotopic (exact) mass is 285 g/mol. The molecule has 3 nitrogen and oxygen atoms in total. The summed E-state index contributed by atoms with van der Waals surface area (Å²) in [5.74, 6) is 0. The van der Waals surface area contributed by atoms with Gasteiger partial charge in [0.15, 0.2) is 0 Å². The highest BCUT2D eigenvalue weighted by Gasteiger charge is 2.09. The molecule has 3 heteroatoms. The van der Waals surface area contributed by atoms with Gasteiger partial charge in [0.1, 0.15) is 0 Å². The van der Waals surface area contributed by atoms with Gasteiger partial charge >= 0.3 is 0 Å². The number of aliphatic hydroxyl groups is 1. The van der Waals surface area contributed by atoms with Crippen LogP contribution in [0.1, 0.15) is 24.2 Å². The Kier molecular flexibility index (Phi) is 5.78. The molecule has 0 radical (unpaired) electrons. The Labute approximate surface area is 126 Å². The maximum Gasteiger partial charge on any atom is 0.0945 e. The number of aliphatic hydroxyl groups excluding tert-OH is 1. The molecule has 2 rings (SSSR count). The zero-order valence-corrected chi connectivity index (χ0v) is 12.6. The summed E-state index contributed by atoms with van der Waals surface area (Å²) in [6.07, 6.45) is -0.545. The van der Waals surface area contributed by atoms with E-state index < -0.39 is 6.10 Å². The molecule has 0 aromatic heterocycles. The summed E-state index contributed by atoms with van der Waals surface area (Å²) in [5.41, 5.74) is 3.34. The number of hydrogen-bond donors (Lipinski definition) is 2. The van der Waals surface area contributed by atoms with Crippen molar-refractivity contribution in [2.24, 2.45) is 0 Å². The Morgan fingerprint density at radius 3 is 2.57 bits per heavy atom. The minimum Gasteiger partial charge on any atom is -0.389 e. The van der Waals surface area contributed by atoms with Crippen LogP contribution in [0.2, 0.25) is 0 Å². The smallest absolute Gasteiger partial charge is 0.0945 e. The molecule has 0 saturated heterocycles. The van der Waals surface area contributed by atoms with Crippen molar-refractivity contribution in [1.29, 1.82) is 0 Å². The van der Waals surface area contributed by atoms with Crippen molar-refractivity contribution >= 4 is 5.69 Å². The lowest BCUT2D eigenvalue weighted by molar-refractivity contribution is 0.00243. The Morgan fingerprint density at radius 2 is 1.86 bits per heavy atom. The van der Waals surface area contributed by atoms with Crippen LogP contribution in [0.25, 0.3) is 0 Å². The zero-order valence-electron chi connectivity index (χ0n) is 12.6. The molecular formula is C18H23NO2. The zero-order chi connectivity index (χ0) is 15.1. The summed E-state index contributed by atoms with van der Waals surface area (Å²) in [5, 5.41) is 13.2. The van der Waals surface area contributed by atoms with Gasteiger partial charge in [-0.3, -0.25) is 0 Å². The van der Waals surface area contributed by atoms with Gasteiger partial charge in [-0.15, -0.1) is 0 Å². The van der Waals surface area contributed by atoms with Gasteiger partial charge in [0.2, 0.25) is 0 Å². The molecular weight excluding hydrogens is 262 g/mol. The molecule has 0 aliphatic carbocycles. The fraction of sp³-hybridized carbons (Fsp3) is 0.333. The average Bonchev–Trinajstić information content (AvgIpc) is 2.51. The van der Waals surface area contributed by atoms with Crippen molar-refractivity contribution in [1.82, 2.24) is 0 Å². The highest BCUT2D eigenvalue weighted by molar-refractivity contribution is 5.45. The van der Waals surface area contributed by atoms with Crippen molar-refractivity contribution in [3.05, 3.63) is 65.7 Å². The molecule has 2 aromatic carbocycles. The third-order valence-electron chi connectivity index (χ3n) is 3.37. The van der Waals surface area contributed by atoms with Crippen molar-refractivity contribution < 1.29 is 9.84 Å². The fourth-order valence-corrected chi connectivity index (χ4v) is 2.13. The van der Waals surface area contributed by atoms with Gasteiger partial charge in [-0.25, -0.2) is 0 Å². The largest absolute Gasteiger partial charge is 0.389 e. The predicted octanol–water partition coefficient (Wildman–Crippen LogP) is 3.55. The van der Waals surface area contributed by atoms with Crippen LogP contribution in [-0.2, 0) is 4.74 Å². The van der Waals surface area contributed by atoms with E-state index in [1.165, 1.54) is 5.56 Å². The van der Waals surface area contributed by atoms with Gasteiger partial charge in [0.05, 0.1) is 18.8 Å². The van der Waals surface area contributed by atoms with Crippen molar-refractivity contribution in [2.75, 3.05) is 18.5 Å². The Bertz CT molecular complexity index is 542. The molecule has 2 unspecified atom stereocenters. The second-order valence-corrected chi connectivity index (χ2v) is 5.29. The number of nitrogens with one attached hydrogen (secondary N) is 1. The van der Waals surface area contributed by atoms with E-state index in [9.17, 15) is 5.11 Å². The molecule has 21 heavy (non-hydrogen) atoms. The van der Waals surface area contributed by atoms with Gasteiger partial charge in [0.25, 0.3) is 0 Å². The normalized spacial score (nSPS) is 13.7. The highest BCUT2D eigenvalue weighted by Crippen LogP contribution is 2.16. The van der Waals surface area contributed by atoms with Crippen LogP contribution in [0.3, 0.4) is 0 Å². The summed E-state index contributed by atoms with van der Waals surface area (Å²) in [7, 11) is 0. The van der Waals surface area contributed by atoms with Crippen LogP contribution < -0.4 is 5.32 Å². The van der Waals surface area contributed by atoms with Crippen LogP contribution in [0, 0.1) is 6.92 Å². The first-order valence-electron chi connectivity index (χ1n) is 7.30. The fourth-order valence-electron chi connectivity index (χ4n) is 2.13. The highest BCUT2D eigenvalue weighted by atomic mass is 16.5. The van der Waals surface area contributed by atoms with E-state index in [2.05, 4.69) is 11.4 Å². The lowest BCUT2D eigenvalue weighted by atomic mass is 10.1. The third kappa shape index (κ3) is 5.21. The quantitative estimate of drug-likeness (QED) is 0.817. The Balaban J connectivity index is 1.73. The summed E-state index contributed by atoms with van der Waals surface area (Å²) < 4.78 is 5.71. The van der Waals surface area contributed by atoms with Crippen LogP contribution in [0.4, 0.5) is 5.69 Å². The number of benzene rings is 2. The molecule has 0 saturated carbocycles. The van der Waals surface area contributed by atoms with Crippen LogP contribution in [0.15, 0.2) is 54.6 Å². The van der Waals surface area contributed by atoms with E-state index in [4.69, 9.17) is 4.74 Å². The lowest BCUT2D eigenvalue weighted by Gasteiger charge is -2.17. The first-order valence-corrected chi connectivity index (χ1v) is 7.30. The van der Waals surface area contributed by atoms with Crippen molar-refractivity contribution in [3.63, 3.8) is 0 Å². The van der Waals surface area contributed by atoms with Crippen LogP contribution in [-0.4, -0.2) is 24.4 Å².